The summed E-state index contributed by atoms with van der Waals surface area (Å²) >= 11 is 1.61. The second kappa shape index (κ2) is 7.20. The van der Waals surface area contributed by atoms with E-state index in [2.05, 4.69) is 25.9 Å². The summed E-state index contributed by atoms with van der Waals surface area (Å²) in [7, 11) is 1.87. The number of alkyl halides is 1. The number of likely N-dealkylation sites (tertiary alicyclic amines) is 1. The zero-order valence-corrected chi connectivity index (χ0v) is 14.5. The second-order valence-electron chi connectivity index (χ2n) is 6.00. The van der Waals surface area contributed by atoms with Crippen LogP contribution in [-0.4, -0.2) is 52.2 Å². The number of thiazole rings is 1. The van der Waals surface area contributed by atoms with E-state index in [0.717, 1.165) is 5.69 Å². The van der Waals surface area contributed by atoms with Crippen LogP contribution in [0.2, 0.25) is 0 Å². The lowest BCUT2D eigenvalue weighted by atomic mass is 10.2. The fraction of sp³-hybridized carbons (Fsp3) is 0.500. The van der Waals surface area contributed by atoms with Gasteiger partial charge in [-0.25, -0.2) is 19.3 Å². The quantitative estimate of drug-likeness (QED) is 0.826. The van der Waals surface area contributed by atoms with Crippen molar-refractivity contribution in [1.82, 2.24) is 19.9 Å². The molecule has 1 fully saturated rings. The van der Waals surface area contributed by atoms with Gasteiger partial charge in [-0.05, 0) is 13.3 Å². The van der Waals surface area contributed by atoms with Crippen molar-refractivity contribution in [2.75, 3.05) is 25.0 Å². The molecule has 8 heteroatoms. The summed E-state index contributed by atoms with van der Waals surface area (Å²) in [6.45, 7) is 3.72. The van der Waals surface area contributed by atoms with E-state index in [1.54, 1.807) is 17.5 Å². The molecule has 126 valence electrons. The first-order chi connectivity index (χ1) is 11.6. The maximum Gasteiger partial charge on any atom is 0.183 e. The highest BCUT2D eigenvalue weighted by molar-refractivity contribution is 7.09. The molecule has 1 saturated heterocycles. The number of aromatic nitrogens is 3. The van der Waals surface area contributed by atoms with Gasteiger partial charge in [-0.2, -0.15) is 5.26 Å². The fourth-order valence-electron chi connectivity index (χ4n) is 3.06. The Hall–Kier alpha value is -2.11. The minimum atomic E-state index is -0.825. The van der Waals surface area contributed by atoms with E-state index in [-0.39, 0.29) is 6.04 Å². The highest BCUT2D eigenvalue weighted by Gasteiger charge is 2.33. The molecule has 2 aromatic rings. The van der Waals surface area contributed by atoms with Crippen molar-refractivity contribution in [1.29, 1.82) is 5.26 Å². The number of nitrogens with zero attached hydrogens (tertiary/aromatic N) is 6. The van der Waals surface area contributed by atoms with E-state index in [1.165, 1.54) is 11.1 Å². The van der Waals surface area contributed by atoms with Crippen LogP contribution in [0.15, 0.2) is 17.9 Å². The van der Waals surface area contributed by atoms with Crippen molar-refractivity contribution in [3.05, 3.63) is 34.2 Å². The zero-order valence-electron chi connectivity index (χ0n) is 13.7. The molecule has 0 saturated carbocycles. The Morgan fingerprint density at radius 2 is 2.21 bits per heavy atom. The highest BCUT2D eigenvalue weighted by Crippen LogP contribution is 2.26. The number of aryl methyl sites for hydroxylation is 1. The molecule has 0 aliphatic carbocycles. The first-order valence-corrected chi connectivity index (χ1v) is 8.65. The van der Waals surface area contributed by atoms with Gasteiger partial charge in [0, 0.05) is 50.0 Å². The number of hydrogen-bond donors (Lipinski definition) is 0. The Bertz CT molecular complexity index is 742. The van der Waals surface area contributed by atoms with Crippen LogP contribution in [-0.2, 0) is 6.54 Å². The van der Waals surface area contributed by atoms with Gasteiger partial charge in [-0.3, -0.25) is 4.90 Å². The van der Waals surface area contributed by atoms with Gasteiger partial charge < -0.3 is 4.90 Å². The lowest BCUT2D eigenvalue weighted by Gasteiger charge is -2.28. The number of halogens is 1. The molecule has 0 bridgehead atoms. The molecular weight excluding hydrogens is 327 g/mol. The van der Waals surface area contributed by atoms with E-state index in [0.29, 0.717) is 37.6 Å². The first kappa shape index (κ1) is 16.7. The smallest absolute Gasteiger partial charge is 0.183 e. The molecule has 0 unspecified atom stereocenters. The van der Waals surface area contributed by atoms with Gasteiger partial charge in [0.25, 0.3) is 0 Å². The van der Waals surface area contributed by atoms with Gasteiger partial charge in [-0.1, -0.05) is 0 Å². The Balaban J connectivity index is 1.72. The lowest BCUT2D eigenvalue weighted by Crippen LogP contribution is -2.39. The molecule has 0 aromatic carbocycles. The van der Waals surface area contributed by atoms with Gasteiger partial charge in [0.2, 0.25) is 0 Å². The van der Waals surface area contributed by atoms with Crippen LogP contribution >= 0.6 is 11.3 Å². The topological polar surface area (TPSA) is 68.9 Å². The van der Waals surface area contributed by atoms with E-state index in [9.17, 15) is 4.39 Å². The fourth-order valence-corrected chi connectivity index (χ4v) is 3.86. The van der Waals surface area contributed by atoms with Crippen molar-refractivity contribution < 1.29 is 4.39 Å². The molecule has 0 amide bonds. The summed E-state index contributed by atoms with van der Waals surface area (Å²) in [5, 5.41) is 9.17. The van der Waals surface area contributed by atoms with E-state index in [4.69, 9.17) is 5.26 Å². The van der Waals surface area contributed by atoms with Crippen molar-refractivity contribution in [2.45, 2.75) is 32.1 Å². The third kappa shape index (κ3) is 3.52. The summed E-state index contributed by atoms with van der Waals surface area (Å²) in [6.07, 6.45) is 2.73. The van der Waals surface area contributed by atoms with Gasteiger partial charge >= 0.3 is 0 Å². The monoisotopic (exact) mass is 346 g/mol. The summed E-state index contributed by atoms with van der Waals surface area (Å²) < 4.78 is 14.0. The van der Waals surface area contributed by atoms with Gasteiger partial charge in [-0.15, -0.1) is 11.3 Å². The van der Waals surface area contributed by atoms with Crippen LogP contribution in [0.5, 0.6) is 0 Å². The van der Waals surface area contributed by atoms with Gasteiger partial charge in [0.1, 0.15) is 12.2 Å². The number of rotatable bonds is 5. The van der Waals surface area contributed by atoms with Crippen molar-refractivity contribution >= 4 is 17.2 Å². The van der Waals surface area contributed by atoms with Crippen LogP contribution in [0.4, 0.5) is 10.2 Å². The Morgan fingerprint density at radius 3 is 2.92 bits per heavy atom. The molecule has 0 N–H and O–H groups in total. The average molecular weight is 346 g/mol. The Morgan fingerprint density at radius 1 is 1.42 bits per heavy atom. The van der Waals surface area contributed by atoms with E-state index in [1.807, 2.05) is 24.4 Å². The summed E-state index contributed by atoms with van der Waals surface area (Å²) in [4.78, 5) is 17.8. The molecule has 3 heterocycles. The molecule has 2 atom stereocenters. The summed E-state index contributed by atoms with van der Waals surface area (Å²) in [6, 6.07) is 2.13. The highest BCUT2D eigenvalue weighted by atomic mass is 32.1. The maximum absolute atomic E-state index is 14.0. The molecule has 1 aliphatic rings. The molecule has 0 radical (unpaired) electrons. The second-order valence-corrected chi connectivity index (χ2v) is 6.94. The van der Waals surface area contributed by atoms with Crippen LogP contribution < -0.4 is 4.90 Å². The maximum atomic E-state index is 14.0. The first-order valence-electron chi connectivity index (χ1n) is 7.77. The predicted octanol–water partition coefficient (Wildman–Crippen LogP) is 2.16. The van der Waals surface area contributed by atoms with Crippen molar-refractivity contribution in [3.8, 4) is 6.07 Å². The number of nitriles is 1. The molecular formula is C16H19FN6S. The van der Waals surface area contributed by atoms with Crippen LogP contribution in [0, 0.1) is 18.3 Å². The number of likely N-dealkylation sites (N-methyl/N-ethyl adjacent to an activating group) is 1. The lowest BCUT2D eigenvalue weighted by molar-refractivity contribution is 0.238. The largest absolute Gasteiger partial charge is 0.356 e. The molecule has 6 nitrogen and oxygen atoms in total. The molecule has 2 aromatic heterocycles. The van der Waals surface area contributed by atoms with Crippen molar-refractivity contribution in [3.63, 3.8) is 0 Å². The summed E-state index contributed by atoms with van der Waals surface area (Å²) in [5.74, 6) is 0.538. The third-order valence-electron chi connectivity index (χ3n) is 4.30. The van der Waals surface area contributed by atoms with Crippen molar-refractivity contribution in [2.24, 2.45) is 0 Å². The predicted molar refractivity (Wildman–Crippen MR) is 90.6 cm³/mol. The number of anilines is 1. The zero-order chi connectivity index (χ0) is 17.1. The van der Waals surface area contributed by atoms with Crippen LogP contribution in [0.25, 0.3) is 0 Å². The van der Waals surface area contributed by atoms with E-state index >= 15 is 0 Å². The van der Waals surface area contributed by atoms with Gasteiger partial charge in [0.05, 0.1) is 11.2 Å². The molecule has 1 aliphatic heterocycles. The summed E-state index contributed by atoms with van der Waals surface area (Å²) in [5.41, 5.74) is 3.13. The normalized spacial score (nSPS) is 20.9. The SMILES string of the molecule is Cc1ncsc1CN1C[C@@H](F)C[C@H]1CN(C)c1nccnc1C#N. The number of hydrogen-bond acceptors (Lipinski definition) is 7. The third-order valence-corrected chi connectivity index (χ3v) is 5.22. The molecule has 3 rings (SSSR count). The molecule has 0 spiro atoms. The molecule has 24 heavy (non-hydrogen) atoms. The average Bonchev–Trinajstić information content (AvgIpc) is 3.13. The van der Waals surface area contributed by atoms with Gasteiger partial charge in [0.15, 0.2) is 11.5 Å². The minimum absolute atomic E-state index is 0.0695. The van der Waals surface area contributed by atoms with Crippen LogP contribution in [0.1, 0.15) is 22.7 Å². The van der Waals surface area contributed by atoms with Crippen LogP contribution in [0.3, 0.4) is 0 Å². The Kier molecular flexibility index (Phi) is 5.02. The minimum Gasteiger partial charge on any atom is -0.356 e. The Labute approximate surface area is 144 Å². The standard InChI is InChI=1S/C16H19FN6S/c1-11-15(24-10-21-11)9-23-7-12(17)5-13(23)8-22(2)16-14(6-18)19-3-4-20-16/h3-4,10,12-13H,5,7-9H2,1-2H3/t12-,13-/m0/s1. The van der Waals surface area contributed by atoms with E-state index < -0.39 is 6.17 Å².